The highest BCUT2D eigenvalue weighted by atomic mass is 127. The molecule has 0 radical (unpaired) electrons. The van der Waals surface area contributed by atoms with Gasteiger partial charge in [-0.05, 0) is 62.7 Å². The zero-order valence-electron chi connectivity index (χ0n) is 16.6. The highest BCUT2D eigenvalue weighted by Gasteiger charge is 2.31. The van der Waals surface area contributed by atoms with Crippen molar-refractivity contribution in [2.24, 2.45) is 10.7 Å². The van der Waals surface area contributed by atoms with Crippen LogP contribution in [0, 0.1) is 6.92 Å². The third-order valence-corrected chi connectivity index (χ3v) is 4.74. The first kappa shape index (κ1) is 24.3. The number of aliphatic imine (C=N–C) groups is 1. The number of nitrogens with two attached hydrogens (primary N) is 1. The molecule has 0 amide bonds. The van der Waals surface area contributed by atoms with E-state index in [4.69, 9.17) is 10.2 Å². The lowest BCUT2D eigenvalue weighted by atomic mass is 10.2. The summed E-state index contributed by atoms with van der Waals surface area (Å²) in [7, 11) is 0. The van der Waals surface area contributed by atoms with Gasteiger partial charge in [-0.1, -0.05) is 12.1 Å². The molecule has 1 aliphatic heterocycles. The molecule has 2 heterocycles. The number of alkyl halides is 3. The second-order valence-corrected chi connectivity index (χ2v) is 6.98. The van der Waals surface area contributed by atoms with Gasteiger partial charge in [-0.3, -0.25) is 4.90 Å². The van der Waals surface area contributed by atoms with E-state index in [-0.39, 0.29) is 48.3 Å². The van der Waals surface area contributed by atoms with Crippen LogP contribution in [0.2, 0.25) is 0 Å². The molecule has 3 N–H and O–H groups in total. The number of furan rings is 1. The number of nitrogens with zero attached hydrogens (tertiary/aromatic N) is 2. The monoisotopic (exact) mass is 538 g/mol. The summed E-state index contributed by atoms with van der Waals surface area (Å²) in [5.41, 5.74) is 6.71. The summed E-state index contributed by atoms with van der Waals surface area (Å²) < 4.78 is 46.3. The van der Waals surface area contributed by atoms with E-state index < -0.39 is 6.36 Å². The number of benzene rings is 1. The number of nitrogens with one attached hydrogen (secondary N) is 1. The minimum Gasteiger partial charge on any atom is -0.465 e. The first-order chi connectivity index (χ1) is 13.8. The maximum Gasteiger partial charge on any atom is 0.573 e. The lowest BCUT2D eigenvalue weighted by molar-refractivity contribution is -0.274. The van der Waals surface area contributed by atoms with Crippen molar-refractivity contribution >= 4 is 29.9 Å². The van der Waals surface area contributed by atoms with Gasteiger partial charge in [0, 0.05) is 6.54 Å². The van der Waals surface area contributed by atoms with Crippen molar-refractivity contribution < 1.29 is 22.3 Å². The van der Waals surface area contributed by atoms with Gasteiger partial charge in [0.2, 0.25) is 0 Å². The van der Waals surface area contributed by atoms with Gasteiger partial charge < -0.3 is 20.2 Å². The number of likely N-dealkylation sites (tertiary alicyclic amines) is 1. The highest BCUT2D eigenvalue weighted by molar-refractivity contribution is 14.0. The van der Waals surface area contributed by atoms with Crippen LogP contribution in [0.4, 0.5) is 13.2 Å². The zero-order chi connectivity index (χ0) is 20.9. The van der Waals surface area contributed by atoms with Crippen molar-refractivity contribution in [1.29, 1.82) is 0 Å². The molecule has 1 atom stereocenters. The summed E-state index contributed by atoms with van der Waals surface area (Å²) in [4.78, 5) is 6.63. The molecule has 3 rings (SSSR count). The van der Waals surface area contributed by atoms with Crippen LogP contribution in [0.3, 0.4) is 0 Å². The molecular weight excluding hydrogens is 512 g/mol. The van der Waals surface area contributed by atoms with Crippen LogP contribution in [0.5, 0.6) is 5.75 Å². The molecule has 1 unspecified atom stereocenters. The molecule has 166 valence electrons. The topological polar surface area (TPSA) is 76.0 Å². The van der Waals surface area contributed by atoms with Crippen LogP contribution in [0.1, 0.15) is 36.0 Å². The van der Waals surface area contributed by atoms with E-state index in [9.17, 15) is 13.2 Å². The minimum absolute atomic E-state index is 0. The van der Waals surface area contributed by atoms with Gasteiger partial charge in [-0.15, -0.1) is 37.1 Å². The van der Waals surface area contributed by atoms with Crippen molar-refractivity contribution in [1.82, 2.24) is 10.2 Å². The molecular formula is C20H26F3IN4O2. The van der Waals surface area contributed by atoms with Crippen molar-refractivity contribution in [2.75, 3.05) is 19.6 Å². The molecule has 1 aromatic carbocycles. The SMILES string of the molecule is Cc1ccc(C(CNC(N)=NCc2ccc(OC(F)(F)F)cc2)N2CCCC2)o1.I. The largest absolute Gasteiger partial charge is 0.573 e. The maximum absolute atomic E-state index is 12.2. The Labute approximate surface area is 190 Å². The summed E-state index contributed by atoms with van der Waals surface area (Å²) in [6.45, 7) is 4.74. The Kier molecular flexibility index (Phi) is 8.83. The second-order valence-electron chi connectivity index (χ2n) is 6.98. The van der Waals surface area contributed by atoms with E-state index in [0.717, 1.165) is 43.0 Å². The van der Waals surface area contributed by atoms with E-state index in [0.29, 0.717) is 6.54 Å². The van der Waals surface area contributed by atoms with Crippen LogP contribution in [-0.2, 0) is 6.54 Å². The van der Waals surface area contributed by atoms with Crippen LogP contribution in [0.15, 0.2) is 45.8 Å². The van der Waals surface area contributed by atoms with Crippen LogP contribution in [0.25, 0.3) is 0 Å². The lowest BCUT2D eigenvalue weighted by Crippen LogP contribution is -2.40. The molecule has 6 nitrogen and oxygen atoms in total. The van der Waals surface area contributed by atoms with Gasteiger partial charge in [0.25, 0.3) is 0 Å². The summed E-state index contributed by atoms with van der Waals surface area (Å²) >= 11 is 0. The second kappa shape index (κ2) is 10.9. The maximum atomic E-state index is 12.2. The molecule has 30 heavy (non-hydrogen) atoms. The van der Waals surface area contributed by atoms with Gasteiger partial charge in [0.05, 0.1) is 12.6 Å². The van der Waals surface area contributed by atoms with Gasteiger partial charge in [-0.2, -0.15) is 0 Å². The zero-order valence-corrected chi connectivity index (χ0v) is 18.9. The number of hydrogen-bond acceptors (Lipinski definition) is 4. The molecule has 1 aromatic heterocycles. The predicted octanol–water partition coefficient (Wildman–Crippen LogP) is 4.35. The van der Waals surface area contributed by atoms with Gasteiger partial charge >= 0.3 is 6.36 Å². The fourth-order valence-corrected chi connectivity index (χ4v) is 3.33. The number of ether oxygens (including phenoxy) is 1. The molecule has 0 spiro atoms. The van der Waals surface area contributed by atoms with Crippen molar-refractivity contribution in [2.45, 2.75) is 38.7 Å². The Balaban J connectivity index is 0.00000320. The first-order valence-electron chi connectivity index (χ1n) is 9.49. The summed E-state index contributed by atoms with van der Waals surface area (Å²) in [5, 5.41) is 3.13. The predicted molar refractivity (Wildman–Crippen MR) is 119 cm³/mol. The number of aryl methyl sites for hydroxylation is 1. The van der Waals surface area contributed by atoms with E-state index in [2.05, 4.69) is 19.9 Å². The average Bonchev–Trinajstić information content (AvgIpc) is 3.32. The number of rotatable bonds is 7. The molecule has 1 fully saturated rings. The Hall–Kier alpha value is -1.95. The molecule has 2 aromatic rings. The summed E-state index contributed by atoms with van der Waals surface area (Å²) in [6.07, 6.45) is -2.38. The summed E-state index contributed by atoms with van der Waals surface area (Å²) in [5.74, 6) is 1.76. The third-order valence-electron chi connectivity index (χ3n) is 4.74. The number of hydrogen-bond donors (Lipinski definition) is 2. The van der Waals surface area contributed by atoms with E-state index in [1.807, 2.05) is 19.1 Å². The molecule has 0 saturated carbocycles. The van der Waals surface area contributed by atoms with Crippen LogP contribution < -0.4 is 15.8 Å². The smallest absolute Gasteiger partial charge is 0.465 e. The lowest BCUT2D eigenvalue weighted by Gasteiger charge is -2.26. The van der Waals surface area contributed by atoms with E-state index in [1.54, 1.807) is 0 Å². The molecule has 1 aliphatic rings. The fourth-order valence-electron chi connectivity index (χ4n) is 3.33. The normalized spacial score (nSPS) is 16.2. The molecule has 10 heteroatoms. The van der Waals surface area contributed by atoms with Gasteiger partial charge in [0.1, 0.15) is 17.3 Å². The fraction of sp³-hybridized carbons (Fsp3) is 0.450. The van der Waals surface area contributed by atoms with Crippen molar-refractivity contribution in [3.05, 3.63) is 53.5 Å². The summed E-state index contributed by atoms with van der Waals surface area (Å²) in [6, 6.07) is 9.56. The number of guanidine groups is 1. The third kappa shape index (κ3) is 7.38. The van der Waals surface area contributed by atoms with E-state index in [1.165, 1.54) is 24.3 Å². The Morgan fingerprint density at radius 3 is 2.43 bits per heavy atom. The molecule has 0 aliphatic carbocycles. The first-order valence-corrected chi connectivity index (χ1v) is 9.49. The average molecular weight is 538 g/mol. The minimum atomic E-state index is -4.70. The molecule has 1 saturated heterocycles. The van der Waals surface area contributed by atoms with Crippen LogP contribution in [-0.4, -0.2) is 36.9 Å². The quantitative estimate of drug-likeness (QED) is 0.312. The Morgan fingerprint density at radius 2 is 1.87 bits per heavy atom. The standard InChI is InChI=1S/C20H25F3N4O2.HI/c1-14-4-9-18(28-14)17(27-10-2-3-11-27)13-26-19(24)25-12-15-5-7-16(8-6-15)29-20(21,22)23;/h4-9,17H,2-3,10-13H2,1H3,(H3,24,25,26);1H. The molecule has 0 bridgehead atoms. The van der Waals surface area contributed by atoms with Gasteiger partial charge in [0.15, 0.2) is 5.96 Å². The Morgan fingerprint density at radius 1 is 1.20 bits per heavy atom. The van der Waals surface area contributed by atoms with Crippen molar-refractivity contribution in [3.63, 3.8) is 0 Å². The van der Waals surface area contributed by atoms with Crippen LogP contribution >= 0.6 is 24.0 Å². The number of halogens is 4. The van der Waals surface area contributed by atoms with E-state index >= 15 is 0 Å². The van der Waals surface area contributed by atoms with Crippen molar-refractivity contribution in [3.8, 4) is 5.75 Å². The van der Waals surface area contributed by atoms with Gasteiger partial charge in [-0.25, -0.2) is 4.99 Å². The highest BCUT2D eigenvalue weighted by Crippen LogP contribution is 2.26. The Bertz CT molecular complexity index is 818.